The fraction of sp³-hybridized carbons (Fsp3) is 0.250. The molecule has 0 fully saturated rings. The Kier molecular flexibility index (Phi) is 5.51. The summed E-state index contributed by atoms with van der Waals surface area (Å²) in [6.45, 7) is 0. The Bertz CT molecular complexity index is 634. The summed E-state index contributed by atoms with van der Waals surface area (Å²) in [5.41, 5.74) is 8.26. The van der Waals surface area contributed by atoms with Crippen LogP contribution in [0.2, 0.25) is 5.02 Å². The van der Waals surface area contributed by atoms with Gasteiger partial charge in [-0.3, -0.25) is 0 Å². The van der Waals surface area contributed by atoms with Gasteiger partial charge >= 0.3 is 0 Å². The number of nitrogens with two attached hydrogens (primary N) is 1. The molecular weight excluding hydrogens is 354 g/mol. The normalized spacial score (nSPS) is 12.0. The molecule has 1 atom stereocenters. The zero-order valence-electron chi connectivity index (χ0n) is 11.9. The molecule has 0 saturated heterocycles. The molecule has 2 aromatic carbocycles. The molecule has 2 aromatic rings. The Morgan fingerprint density at radius 2 is 1.81 bits per heavy atom. The summed E-state index contributed by atoms with van der Waals surface area (Å²) >= 11 is 9.66. The van der Waals surface area contributed by atoms with Crippen molar-refractivity contribution >= 4 is 27.5 Å². The summed E-state index contributed by atoms with van der Waals surface area (Å²) in [5.74, 6) is 1.40. The monoisotopic (exact) mass is 369 g/mol. The molecule has 0 spiro atoms. The van der Waals surface area contributed by atoms with Gasteiger partial charge in [0.2, 0.25) is 0 Å². The Hall–Kier alpha value is -1.23. The lowest BCUT2D eigenvalue weighted by molar-refractivity contribution is 0.354. The van der Waals surface area contributed by atoms with Crippen LogP contribution in [-0.4, -0.2) is 14.2 Å². The minimum Gasteiger partial charge on any atom is -0.493 e. The molecule has 0 aromatic heterocycles. The van der Waals surface area contributed by atoms with Crippen molar-refractivity contribution in [1.29, 1.82) is 0 Å². The molecule has 0 amide bonds. The predicted octanol–water partition coefficient (Wildman–Crippen LogP) is 4.36. The average molecular weight is 371 g/mol. The van der Waals surface area contributed by atoms with Crippen LogP contribution in [-0.2, 0) is 6.42 Å². The molecule has 0 aliphatic heterocycles. The molecule has 1 unspecified atom stereocenters. The van der Waals surface area contributed by atoms with Crippen LogP contribution in [0, 0.1) is 0 Å². The standard InChI is InChI=1S/C16H17BrClNO2/c1-20-15-6-3-10(8-16(15)21-2)7-14(19)12-9-11(17)4-5-13(12)18/h3-6,8-9,14H,7,19H2,1-2H3. The van der Waals surface area contributed by atoms with E-state index in [2.05, 4.69) is 15.9 Å². The van der Waals surface area contributed by atoms with Gasteiger partial charge in [-0.15, -0.1) is 0 Å². The van der Waals surface area contributed by atoms with Gasteiger partial charge in [-0.2, -0.15) is 0 Å². The third-order valence-corrected chi connectivity index (χ3v) is 4.10. The van der Waals surface area contributed by atoms with Gasteiger partial charge in [-0.05, 0) is 47.9 Å². The lowest BCUT2D eigenvalue weighted by Crippen LogP contribution is -2.14. The van der Waals surface area contributed by atoms with E-state index in [9.17, 15) is 0 Å². The molecule has 21 heavy (non-hydrogen) atoms. The zero-order chi connectivity index (χ0) is 15.4. The number of hydrogen-bond acceptors (Lipinski definition) is 3. The van der Waals surface area contributed by atoms with Gasteiger partial charge in [0.05, 0.1) is 14.2 Å². The van der Waals surface area contributed by atoms with Gasteiger partial charge in [0.15, 0.2) is 11.5 Å². The number of ether oxygens (including phenoxy) is 2. The van der Waals surface area contributed by atoms with Gasteiger partial charge in [-0.25, -0.2) is 0 Å². The van der Waals surface area contributed by atoms with E-state index in [0.29, 0.717) is 22.9 Å². The third-order valence-electron chi connectivity index (χ3n) is 3.26. The lowest BCUT2D eigenvalue weighted by Gasteiger charge is -2.16. The molecule has 0 radical (unpaired) electrons. The second-order valence-electron chi connectivity index (χ2n) is 4.67. The maximum absolute atomic E-state index is 6.28. The topological polar surface area (TPSA) is 44.5 Å². The Morgan fingerprint density at radius 1 is 1.10 bits per heavy atom. The highest BCUT2D eigenvalue weighted by atomic mass is 79.9. The van der Waals surface area contributed by atoms with Gasteiger partial charge in [-0.1, -0.05) is 33.6 Å². The van der Waals surface area contributed by atoms with Crippen LogP contribution in [0.25, 0.3) is 0 Å². The summed E-state index contributed by atoms with van der Waals surface area (Å²) in [6, 6.07) is 11.3. The van der Waals surface area contributed by atoms with Crippen LogP contribution in [0.4, 0.5) is 0 Å². The second-order valence-corrected chi connectivity index (χ2v) is 5.99. The number of methoxy groups -OCH3 is 2. The van der Waals surface area contributed by atoms with E-state index in [1.807, 2.05) is 36.4 Å². The van der Waals surface area contributed by atoms with Crippen molar-refractivity contribution in [3.8, 4) is 11.5 Å². The van der Waals surface area contributed by atoms with E-state index in [-0.39, 0.29) is 6.04 Å². The maximum atomic E-state index is 6.28. The minimum atomic E-state index is -0.187. The van der Waals surface area contributed by atoms with Gasteiger partial charge in [0.25, 0.3) is 0 Å². The quantitative estimate of drug-likeness (QED) is 0.850. The van der Waals surface area contributed by atoms with E-state index < -0.39 is 0 Å². The number of rotatable bonds is 5. The molecule has 3 nitrogen and oxygen atoms in total. The van der Waals surface area contributed by atoms with Crippen LogP contribution in [0.1, 0.15) is 17.2 Å². The maximum Gasteiger partial charge on any atom is 0.160 e. The fourth-order valence-electron chi connectivity index (χ4n) is 2.17. The van der Waals surface area contributed by atoms with E-state index in [1.165, 1.54) is 0 Å². The summed E-state index contributed by atoms with van der Waals surface area (Å²) in [7, 11) is 3.23. The first-order chi connectivity index (χ1) is 10.0. The van der Waals surface area contributed by atoms with Crippen molar-refractivity contribution < 1.29 is 9.47 Å². The third kappa shape index (κ3) is 3.90. The summed E-state index contributed by atoms with van der Waals surface area (Å²) in [6.07, 6.45) is 0.663. The molecule has 0 saturated carbocycles. The Morgan fingerprint density at radius 3 is 2.48 bits per heavy atom. The van der Waals surface area contributed by atoms with E-state index in [0.717, 1.165) is 15.6 Å². The highest BCUT2D eigenvalue weighted by Gasteiger charge is 2.13. The summed E-state index contributed by atoms with van der Waals surface area (Å²) in [5, 5.41) is 0.672. The van der Waals surface area contributed by atoms with Crippen LogP contribution < -0.4 is 15.2 Å². The molecular formula is C16H17BrClNO2. The zero-order valence-corrected chi connectivity index (χ0v) is 14.2. The lowest BCUT2D eigenvalue weighted by atomic mass is 9.99. The Balaban J connectivity index is 2.23. The molecule has 2 N–H and O–H groups in total. The van der Waals surface area contributed by atoms with Crippen LogP contribution in [0.15, 0.2) is 40.9 Å². The first kappa shape index (κ1) is 16.1. The van der Waals surface area contributed by atoms with Gasteiger partial charge < -0.3 is 15.2 Å². The van der Waals surface area contributed by atoms with Crippen molar-refractivity contribution in [2.75, 3.05) is 14.2 Å². The van der Waals surface area contributed by atoms with Gasteiger partial charge in [0, 0.05) is 15.5 Å². The first-order valence-corrected chi connectivity index (χ1v) is 7.63. The summed E-state index contributed by atoms with van der Waals surface area (Å²) < 4.78 is 11.5. The summed E-state index contributed by atoms with van der Waals surface area (Å²) in [4.78, 5) is 0. The average Bonchev–Trinajstić information content (AvgIpc) is 2.49. The first-order valence-electron chi connectivity index (χ1n) is 6.46. The number of hydrogen-bond donors (Lipinski definition) is 1. The molecule has 0 aliphatic carbocycles. The van der Waals surface area contributed by atoms with Crippen molar-refractivity contribution in [1.82, 2.24) is 0 Å². The second kappa shape index (κ2) is 7.16. The SMILES string of the molecule is COc1ccc(CC(N)c2cc(Br)ccc2Cl)cc1OC. The molecule has 0 bridgehead atoms. The van der Waals surface area contributed by atoms with Gasteiger partial charge in [0.1, 0.15) is 0 Å². The number of halogens is 2. The minimum absolute atomic E-state index is 0.187. The predicted molar refractivity (Wildman–Crippen MR) is 89.3 cm³/mol. The highest BCUT2D eigenvalue weighted by molar-refractivity contribution is 9.10. The van der Waals surface area contributed by atoms with E-state index in [4.69, 9.17) is 26.8 Å². The van der Waals surface area contributed by atoms with Crippen molar-refractivity contribution in [3.63, 3.8) is 0 Å². The fourth-order valence-corrected chi connectivity index (χ4v) is 2.81. The van der Waals surface area contributed by atoms with Crippen LogP contribution in [0.3, 0.4) is 0 Å². The molecule has 2 rings (SSSR count). The molecule has 5 heteroatoms. The van der Waals surface area contributed by atoms with Crippen LogP contribution in [0.5, 0.6) is 11.5 Å². The molecule has 112 valence electrons. The van der Waals surface area contributed by atoms with E-state index in [1.54, 1.807) is 14.2 Å². The largest absolute Gasteiger partial charge is 0.493 e. The molecule has 0 heterocycles. The van der Waals surface area contributed by atoms with Crippen LogP contribution >= 0.6 is 27.5 Å². The Labute approximate surface area is 138 Å². The van der Waals surface area contributed by atoms with Crippen molar-refractivity contribution in [2.45, 2.75) is 12.5 Å². The van der Waals surface area contributed by atoms with E-state index >= 15 is 0 Å². The smallest absolute Gasteiger partial charge is 0.160 e. The number of benzene rings is 2. The highest BCUT2D eigenvalue weighted by Crippen LogP contribution is 2.31. The van der Waals surface area contributed by atoms with Crippen molar-refractivity contribution in [3.05, 3.63) is 57.0 Å². The molecule has 0 aliphatic rings. The van der Waals surface area contributed by atoms with Crippen molar-refractivity contribution in [2.24, 2.45) is 5.73 Å².